The topological polar surface area (TPSA) is 58.9 Å². The van der Waals surface area contributed by atoms with E-state index in [0.717, 1.165) is 66.5 Å². The number of fused-ring (bicyclic) bond motifs is 2. The van der Waals surface area contributed by atoms with E-state index in [1.807, 2.05) is 18.2 Å². The van der Waals surface area contributed by atoms with Gasteiger partial charge >= 0.3 is 6.18 Å². The molecule has 1 atom stereocenters. The number of hydrogen-bond acceptors (Lipinski definition) is 4. The normalized spacial score (nSPS) is 18.1. The highest BCUT2D eigenvalue weighted by atomic mass is 19.4. The minimum atomic E-state index is -4.24. The summed E-state index contributed by atoms with van der Waals surface area (Å²) in [4.78, 5) is 12.2. The Kier molecular flexibility index (Phi) is 6.83. The lowest BCUT2D eigenvalue weighted by Gasteiger charge is -2.29. The van der Waals surface area contributed by atoms with Gasteiger partial charge in [-0.1, -0.05) is 19.1 Å². The number of halogens is 3. The molecule has 5 nitrogen and oxygen atoms in total. The maximum atomic E-state index is 13.0. The molecule has 0 unspecified atom stereocenters. The van der Waals surface area contributed by atoms with Crippen molar-refractivity contribution in [1.82, 2.24) is 14.9 Å². The summed E-state index contributed by atoms with van der Waals surface area (Å²) in [7, 11) is 2.14. The molecule has 1 aliphatic heterocycles. The number of anilines is 1. The number of alkyl halides is 3. The highest BCUT2D eigenvalue weighted by Gasteiger charge is 2.34. The molecule has 1 fully saturated rings. The zero-order chi connectivity index (χ0) is 27.1. The molecule has 0 amide bonds. The van der Waals surface area contributed by atoms with Crippen LogP contribution in [0, 0.1) is 23.7 Å². The van der Waals surface area contributed by atoms with E-state index in [2.05, 4.69) is 52.8 Å². The minimum Gasteiger partial charge on any atom is -0.370 e. The monoisotopic (exact) mass is 519 g/mol. The van der Waals surface area contributed by atoms with E-state index in [1.54, 1.807) is 18.3 Å². The molecule has 3 heterocycles. The summed E-state index contributed by atoms with van der Waals surface area (Å²) in [6.45, 7) is 7.90. The zero-order valence-electron chi connectivity index (χ0n) is 22.0. The standard InChI is InChI=1S/C30H32F3N5/c1-20-22(5-7-27-24(20)15-23(17-34)36-27)18-37(3)12-9-29(2)10-13-38(19-29)28-8-11-35-26-6-4-21(14-25(26)28)16-30(31,32)33/h4-8,11,14-15,36H,9-10,12-13,16,18-19H2,1-3H3/t29-/m1/s1. The molecule has 0 aliphatic carbocycles. The molecule has 0 radical (unpaired) electrons. The highest BCUT2D eigenvalue weighted by Crippen LogP contribution is 2.39. The molecule has 2 aromatic carbocycles. The number of rotatable bonds is 7. The summed E-state index contributed by atoms with van der Waals surface area (Å²) in [6, 6.07) is 15.1. The molecule has 0 saturated carbocycles. The predicted molar refractivity (Wildman–Crippen MR) is 145 cm³/mol. The van der Waals surface area contributed by atoms with Crippen LogP contribution in [0.3, 0.4) is 0 Å². The molecule has 0 bridgehead atoms. The zero-order valence-corrected chi connectivity index (χ0v) is 22.0. The molecule has 38 heavy (non-hydrogen) atoms. The number of hydrogen-bond donors (Lipinski definition) is 1. The molecule has 1 N–H and O–H groups in total. The van der Waals surface area contributed by atoms with E-state index in [-0.39, 0.29) is 11.0 Å². The summed E-state index contributed by atoms with van der Waals surface area (Å²) in [5.74, 6) is 0. The Labute approximate surface area is 220 Å². The number of aromatic amines is 1. The lowest BCUT2D eigenvalue weighted by molar-refractivity contribution is -0.127. The van der Waals surface area contributed by atoms with Crippen molar-refractivity contribution in [3.8, 4) is 6.07 Å². The van der Waals surface area contributed by atoms with Crippen LogP contribution in [-0.4, -0.2) is 47.7 Å². The number of nitriles is 1. The van der Waals surface area contributed by atoms with Crippen molar-refractivity contribution in [2.75, 3.05) is 31.6 Å². The molecule has 8 heteroatoms. The first-order chi connectivity index (χ1) is 18.0. The van der Waals surface area contributed by atoms with Gasteiger partial charge in [-0.15, -0.1) is 0 Å². The number of H-pyrrole nitrogens is 1. The third-order valence-electron chi connectivity index (χ3n) is 7.93. The number of benzene rings is 2. The summed E-state index contributed by atoms with van der Waals surface area (Å²) in [5, 5.41) is 11.1. The Hall–Kier alpha value is -3.57. The van der Waals surface area contributed by atoms with Crippen molar-refractivity contribution in [2.24, 2.45) is 5.41 Å². The van der Waals surface area contributed by atoms with Gasteiger partial charge in [0.2, 0.25) is 0 Å². The van der Waals surface area contributed by atoms with Crippen LogP contribution in [0.25, 0.3) is 21.8 Å². The van der Waals surface area contributed by atoms with Gasteiger partial charge in [-0.2, -0.15) is 18.4 Å². The molecular formula is C30H32F3N5. The maximum absolute atomic E-state index is 13.0. The van der Waals surface area contributed by atoms with Crippen LogP contribution in [-0.2, 0) is 13.0 Å². The van der Waals surface area contributed by atoms with Crippen molar-refractivity contribution in [2.45, 2.75) is 45.8 Å². The molecule has 5 rings (SSSR count). The first-order valence-electron chi connectivity index (χ1n) is 12.9. The second-order valence-electron chi connectivity index (χ2n) is 11.0. The smallest absolute Gasteiger partial charge is 0.370 e. The number of aryl methyl sites for hydroxylation is 1. The van der Waals surface area contributed by atoms with E-state index in [1.165, 1.54) is 17.2 Å². The lowest BCUT2D eigenvalue weighted by Crippen LogP contribution is -2.29. The van der Waals surface area contributed by atoms with Gasteiger partial charge < -0.3 is 14.8 Å². The van der Waals surface area contributed by atoms with Crippen LogP contribution in [0.4, 0.5) is 18.9 Å². The number of nitrogens with zero attached hydrogens (tertiary/aromatic N) is 4. The van der Waals surface area contributed by atoms with E-state index in [4.69, 9.17) is 0 Å². The van der Waals surface area contributed by atoms with E-state index >= 15 is 0 Å². The fourth-order valence-corrected chi connectivity index (χ4v) is 5.69. The predicted octanol–water partition coefficient (Wildman–Crippen LogP) is 6.74. The number of nitrogens with one attached hydrogen (secondary N) is 1. The van der Waals surface area contributed by atoms with Crippen LogP contribution >= 0.6 is 0 Å². The molecule has 0 spiro atoms. The second kappa shape index (κ2) is 9.95. The fourth-order valence-electron chi connectivity index (χ4n) is 5.69. The van der Waals surface area contributed by atoms with Crippen LogP contribution < -0.4 is 4.90 Å². The Morgan fingerprint density at radius 2 is 1.97 bits per heavy atom. The van der Waals surface area contributed by atoms with Crippen molar-refractivity contribution >= 4 is 27.5 Å². The molecular weight excluding hydrogens is 487 g/mol. The van der Waals surface area contributed by atoms with Crippen LogP contribution in [0.5, 0.6) is 0 Å². The van der Waals surface area contributed by atoms with Crippen molar-refractivity contribution < 1.29 is 13.2 Å². The van der Waals surface area contributed by atoms with Gasteiger partial charge in [0.1, 0.15) is 11.8 Å². The van der Waals surface area contributed by atoms with Gasteiger partial charge in [0.05, 0.1) is 11.9 Å². The molecule has 1 saturated heterocycles. The largest absolute Gasteiger partial charge is 0.393 e. The summed E-state index contributed by atoms with van der Waals surface area (Å²) in [6.07, 6.45) is -1.38. The Bertz CT molecular complexity index is 1520. The second-order valence-corrected chi connectivity index (χ2v) is 11.0. The third kappa shape index (κ3) is 5.48. The fraction of sp³-hybridized carbons (Fsp3) is 0.400. The van der Waals surface area contributed by atoms with E-state index in [0.29, 0.717) is 5.69 Å². The minimum absolute atomic E-state index is 0.106. The molecule has 2 aromatic heterocycles. The van der Waals surface area contributed by atoms with Gasteiger partial charge in [-0.05, 0) is 85.8 Å². The van der Waals surface area contributed by atoms with Crippen molar-refractivity contribution in [3.05, 3.63) is 71.0 Å². The van der Waals surface area contributed by atoms with Gasteiger partial charge in [0, 0.05) is 47.8 Å². The summed E-state index contributed by atoms with van der Waals surface area (Å²) in [5.41, 5.74) is 6.05. The van der Waals surface area contributed by atoms with Gasteiger partial charge in [-0.3, -0.25) is 4.98 Å². The Morgan fingerprint density at radius 3 is 2.74 bits per heavy atom. The average Bonchev–Trinajstić information content (AvgIpc) is 3.48. The summed E-state index contributed by atoms with van der Waals surface area (Å²) >= 11 is 0. The van der Waals surface area contributed by atoms with Crippen molar-refractivity contribution in [1.29, 1.82) is 5.26 Å². The number of aromatic nitrogens is 2. The SMILES string of the molecule is Cc1c(CN(C)CC[C@]2(C)CCN(c3ccnc4ccc(CC(F)(F)F)cc34)C2)ccc2[nH]c(C#N)cc12. The summed E-state index contributed by atoms with van der Waals surface area (Å²) < 4.78 is 39.0. The van der Waals surface area contributed by atoms with Gasteiger partial charge in [0.25, 0.3) is 0 Å². The lowest BCUT2D eigenvalue weighted by atomic mass is 9.86. The van der Waals surface area contributed by atoms with Crippen LogP contribution in [0.1, 0.15) is 42.1 Å². The first-order valence-corrected chi connectivity index (χ1v) is 12.9. The highest BCUT2D eigenvalue weighted by molar-refractivity contribution is 5.92. The molecule has 198 valence electrons. The quantitative estimate of drug-likeness (QED) is 0.294. The maximum Gasteiger partial charge on any atom is 0.393 e. The Morgan fingerprint density at radius 1 is 1.16 bits per heavy atom. The van der Waals surface area contributed by atoms with Crippen LogP contribution in [0.2, 0.25) is 0 Å². The Balaban J connectivity index is 1.25. The van der Waals surface area contributed by atoms with Crippen molar-refractivity contribution in [3.63, 3.8) is 0 Å². The third-order valence-corrected chi connectivity index (χ3v) is 7.93. The molecule has 4 aromatic rings. The molecule has 1 aliphatic rings. The van der Waals surface area contributed by atoms with Crippen LogP contribution in [0.15, 0.2) is 48.7 Å². The van der Waals surface area contributed by atoms with Gasteiger partial charge in [0.15, 0.2) is 0 Å². The van der Waals surface area contributed by atoms with E-state index < -0.39 is 12.6 Å². The first kappa shape index (κ1) is 26.1. The van der Waals surface area contributed by atoms with Gasteiger partial charge in [-0.25, -0.2) is 0 Å². The average molecular weight is 520 g/mol. The number of pyridine rings is 1. The van der Waals surface area contributed by atoms with E-state index in [9.17, 15) is 18.4 Å².